The first-order valence-corrected chi connectivity index (χ1v) is 4.25. The molecule has 0 fully saturated rings. The summed E-state index contributed by atoms with van der Waals surface area (Å²) in [5.41, 5.74) is 2.06. The van der Waals surface area contributed by atoms with E-state index in [1.807, 2.05) is 5.38 Å². The van der Waals surface area contributed by atoms with Crippen LogP contribution in [0, 0.1) is 0 Å². The highest BCUT2D eigenvalue weighted by Crippen LogP contribution is 2.11. The number of aryl methyl sites for hydroxylation is 1. The Labute approximate surface area is 64.7 Å². The third-order valence-corrected chi connectivity index (χ3v) is 2.10. The summed E-state index contributed by atoms with van der Waals surface area (Å²) in [5, 5.41) is 10.7. The van der Waals surface area contributed by atoms with Crippen LogP contribution in [0.2, 0.25) is 0 Å². The van der Waals surface area contributed by atoms with Gasteiger partial charge in [-0.05, 0) is 18.0 Å². The minimum Gasteiger partial charge on any atom is -0.392 e. The Morgan fingerprint density at radius 1 is 1.70 bits per heavy atom. The van der Waals surface area contributed by atoms with Gasteiger partial charge in [0.05, 0.1) is 12.3 Å². The summed E-state index contributed by atoms with van der Waals surface area (Å²) in [6.45, 7) is 2.24. The largest absolute Gasteiger partial charge is 0.392 e. The highest BCUT2D eigenvalue weighted by atomic mass is 32.1. The third-order valence-electron chi connectivity index (χ3n) is 1.39. The van der Waals surface area contributed by atoms with Gasteiger partial charge in [0.2, 0.25) is 0 Å². The summed E-state index contributed by atoms with van der Waals surface area (Å²) in [4.78, 5) is 0. The molecule has 0 aliphatic rings. The topological polar surface area (TPSA) is 33.1 Å². The van der Waals surface area contributed by atoms with Crippen LogP contribution in [0.3, 0.4) is 0 Å². The molecule has 56 valence electrons. The van der Waals surface area contributed by atoms with Gasteiger partial charge in [0.1, 0.15) is 0 Å². The van der Waals surface area contributed by atoms with Crippen molar-refractivity contribution < 1.29 is 5.11 Å². The maximum atomic E-state index is 8.80. The fourth-order valence-corrected chi connectivity index (χ4v) is 1.58. The molecule has 0 unspecified atom stereocenters. The molecule has 1 rings (SSSR count). The molecule has 2 nitrogen and oxygen atoms in total. The van der Waals surface area contributed by atoms with E-state index in [9.17, 15) is 0 Å². The lowest BCUT2D eigenvalue weighted by atomic mass is 10.2. The minimum absolute atomic E-state index is 0.131. The monoisotopic (exact) mass is 157 g/mol. The van der Waals surface area contributed by atoms with Gasteiger partial charge in [-0.3, -0.25) is 0 Å². The molecule has 1 N–H and O–H groups in total. The zero-order valence-electron chi connectivity index (χ0n) is 6.00. The second-order valence-corrected chi connectivity index (χ2v) is 2.82. The molecule has 1 heterocycles. The van der Waals surface area contributed by atoms with E-state index in [0.29, 0.717) is 0 Å². The van der Waals surface area contributed by atoms with Crippen LogP contribution in [0.25, 0.3) is 0 Å². The van der Waals surface area contributed by atoms with Crippen molar-refractivity contribution in [3.8, 4) is 0 Å². The maximum absolute atomic E-state index is 8.80. The lowest BCUT2D eigenvalue weighted by Crippen LogP contribution is -1.89. The lowest BCUT2D eigenvalue weighted by Gasteiger charge is -1.93. The molecule has 0 amide bonds. The molecule has 0 aliphatic heterocycles. The molecule has 0 atom stereocenters. The van der Waals surface area contributed by atoms with Crippen molar-refractivity contribution in [3.63, 3.8) is 0 Å². The van der Waals surface area contributed by atoms with E-state index in [2.05, 4.69) is 11.3 Å². The molecule has 0 bridgehead atoms. The predicted octanol–water partition coefficient (Wildman–Crippen LogP) is 1.59. The molecule has 10 heavy (non-hydrogen) atoms. The van der Waals surface area contributed by atoms with Crippen LogP contribution < -0.4 is 0 Å². The Kier molecular flexibility index (Phi) is 2.83. The molecule has 3 heteroatoms. The van der Waals surface area contributed by atoms with E-state index in [1.54, 1.807) is 0 Å². The van der Waals surface area contributed by atoms with Gasteiger partial charge in [-0.1, -0.05) is 13.3 Å². The van der Waals surface area contributed by atoms with Crippen LogP contribution in [0.5, 0.6) is 0 Å². The highest BCUT2D eigenvalue weighted by molar-refractivity contribution is 7.03. The number of aliphatic hydroxyl groups excluding tert-OH is 1. The summed E-state index contributed by atoms with van der Waals surface area (Å²) in [6.07, 6.45) is 2.08. The van der Waals surface area contributed by atoms with Gasteiger partial charge < -0.3 is 5.11 Å². The van der Waals surface area contributed by atoms with Crippen molar-refractivity contribution in [2.75, 3.05) is 0 Å². The van der Waals surface area contributed by atoms with Crippen molar-refractivity contribution in [2.45, 2.75) is 26.4 Å². The molecular formula is C7H11NOS. The SMILES string of the molecule is CCCc1nscc1CO. The van der Waals surface area contributed by atoms with Crippen molar-refractivity contribution in [1.82, 2.24) is 4.37 Å². The van der Waals surface area contributed by atoms with Crippen molar-refractivity contribution in [3.05, 3.63) is 16.6 Å². The van der Waals surface area contributed by atoms with E-state index >= 15 is 0 Å². The molecule has 0 aromatic carbocycles. The van der Waals surface area contributed by atoms with Crippen LogP contribution in [-0.4, -0.2) is 9.48 Å². The average molecular weight is 157 g/mol. The fraction of sp³-hybridized carbons (Fsp3) is 0.571. The van der Waals surface area contributed by atoms with E-state index < -0.39 is 0 Å². The second kappa shape index (κ2) is 3.68. The quantitative estimate of drug-likeness (QED) is 0.722. The van der Waals surface area contributed by atoms with E-state index in [0.717, 1.165) is 24.1 Å². The Morgan fingerprint density at radius 2 is 2.50 bits per heavy atom. The number of hydrogen-bond donors (Lipinski definition) is 1. The Balaban J connectivity index is 2.70. The van der Waals surface area contributed by atoms with Gasteiger partial charge in [0.15, 0.2) is 0 Å². The Bertz CT molecular complexity index is 197. The normalized spacial score (nSPS) is 10.2. The minimum atomic E-state index is 0.131. The summed E-state index contributed by atoms with van der Waals surface area (Å²) < 4.78 is 4.16. The summed E-state index contributed by atoms with van der Waals surface area (Å²) in [5.74, 6) is 0. The number of hydrogen-bond acceptors (Lipinski definition) is 3. The lowest BCUT2D eigenvalue weighted by molar-refractivity contribution is 0.281. The van der Waals surface area contributed by atoms with E-state index in [-0.39, 0.29) is 6.61 Å². The smallest absolute Gasteiger partial charge is 0.0708 e. The van der Waals surface area contributed by atoms with Gasteiger partial charge in [0.25, 0.3) is 0 Å². The van der Waals surface area contributed by atoms with Gasteiger partial charge >= 0.3 is 0 Å². The first-order valence-electron chi connectivity index (χ1n) is 3.41. The van der Waals surface area contributed by atoms with Crippen molar-refractivity contribution >= 4 is 11.5 Å². The molecule has 0 aliphatic carbocycles. The standard InChI is InChI=1S/C7H11NOS/c1-2-3-7-6(4-9)5-10-8-7/h5,9H,2-4H2,1H3. The molecule has 0 spiro atoms. The highest BCUT2D eigenvalue weighted by Gasteiger charge is 2.01. The van der Waals surface area contributed by atoms with Gasteiger partial charge in [-0.15, -0.1) is 0 Å². The first-order chi connectivity index (χ1) is 4.88. The molecular weight excluding hydrogens is 146 g/mol. The van der Waals surface area contributed by atoms with Crippen molar-refractivity contribution in [1.29, 1.82) is 0 Å². The van der Waals surface area contributed by atoms with E-state index in [1.165, 1.54) is 11.5 Å². The molecule has 1 aromatic rings. The first kappa shape index (κ1) is 7.69. The maximum Gasteiger partial charge on any atom is 0.0708 e. The van der Waals surface area contributed by atoms with Crippen LogP contribution in [0.1, 0.15) is 24.6 Å². The Morgan fingerprint density at radius 3 is 3.10 bits per heavy atom. The van der Waals surface area contributed by atoms with E-state index in [4.69, 9.17) is 5.11 Å². The van der Waals surface area contributed by atoms with Crippen LogP contribution in [-0.2, 0) is 13.0 Å². The summed E-state index contributed by atoms with van der Waals surface area (Å²) >= 11 is 1.42. The third kappa shape index (κ3) is 1.55. The predicted molar refractivity (Wildman–Crippen MR) is 42.0 cm³/mol. The summed E-state index contributed by atoms with van der Waals surface area (Å²) in [7, 11) is 0. The average Bonchev–Trinajstić information content (AvgIpc) is 2.36. The number of aromatic nitrogens is 1. The second-order valence-electron chi connectivity index (χ2n) is 2.19. The molecule has 1 aromatic heterocycles. The van der Waals surface area contributed by atoms with Crippen LogP contribution >= 0.6 is 11.5 Å². The van der Waals surface area contributed by atoms with Crippen molar-refractivity contribution in [2.24, 2.45) is 0 Å². The molecule has 0 radical (unpaired) electrons. The molecule has 0 saturated heterocycles. The zero-order valence-corrected chi connectivity index (χ0v) is 6.82. The fourth-order valence-electron chi connectivity index (χ4n) is 0.852. The summed E-state index contributed by atoms with van der Waals surface area (Å²) in [6, 6.07) is 0. The van der Waals surface area contributed by atoms with Gasteiger partial charge in [-0.2, -0.15) is 4.37 Å². The zero-order chi connectivity index (χ0) is 7.40. The number of aliphatic hydroxyl groups is 1. The molecule has 0 saturated carbocycles. The number of rotatable bonds is 3. The van der Waals surface area contributed by atoms with Crippen LogP contribution in [0.4, 0.5) is 0 Å². The number of nitrogens with zero attached hydrogens (tertiary/aromatic N) is 1. The van der Waals surface area contributed by atoms with Gasteiger partial charge in [0, 0.05) is 10.9 Å². The van der Waals surface area contributed by atoms with Crippen LogP contribution in [0.15, 0.2) is 5.38 Å². The Hall–Kier alpha value is -0.410. The van der Waals surface area contributed by atoms with Gasteiger partial charge in [-0.25, -0.2) is 0 Å².